The first-order chi connectivity index (χ1) is 11.0. The minimum absolute atomic E-state index is 0.0337. The second-order valence-electron chi connectivity index (χ2n) is 4.86. The molecule has 1 atom stereocenters. The molecule has 2 aromatic rings. The van der Waals surface area contributed by atoms with Crippen LogP contribution < -0.4 is 4.72 Å². The van der Waals surface area contributed by atoms with Crippen molar-refractivity contribution in [3.8, 4) is 6.07 Å². The van der Waals surface area contributed by atoms with Gasteiger partial charge in [0, 0.05) is 13.7 Å². The van der Waals surface area contributed by atoms with E-state index in [9.17, 15) is 8.42 Å². The molecule has 0 amide bonds. The molecule has 0 aliphatic heterocycles. The van der Waals surface area contributed by atoms with E-state index in [1.54, 1.807) is 24.7 Å². The molecule has 122 valence electrons. The van der Waals surface area contributed by atoms with Gasteiger partial charge in [-0.05, 0) is 25.1 Å². The molecular weight excluding hydrogens is 318 g/mol. The van der Waals surface area contributed by atoms with Gasteiger partial charge in [-0.25, -0.2) is 13.1 Å². The lowest BCUT2D eigenvalue weighted by Crippen LogP contribution is -2.29. The third kappa shape index (κ3) is 4.13. The minimum atomic E-state index is -3.77. The van der Waals surface area contributed by atoms with Crippen molar-refractivity contribution in [2.75, 3.05) is 13.7 Å². The SMILES string of the molecule is COCCn1cnnc1[C@H](C)NS(=O)(=O)c1cccc(C#N)c1. The second kappa shape index (κ2) is 7.32. The fourth-order valence-electron chi connectivity index (χ4n) is 2.05. The first kappa shape index (κ1) is 17.1. The van der Waals surface area contributed by atoms with E-state index in [2.05, 4.69) is 14.9 Å². The zero-order valence-corrected chi connectivity index (χ0v) is 13.6. The first-order valence-electron chi connectivity index (χ1n) is 6.87. The van der Waals surface area contributed by atoms with Crippen LogP contribution in [0.15, 0.2) is 35.5 Å². The lowest BCUT2D eigenvalue weighted by atomic mass is 10.2. The summed E-state index contributed by atoms with van der Waals surface area (Å²) in [6.45, 7) is 2.67. The van der Waals surface area contributed by atoms with Gasteiger partial charge in [-0.1, -0.05) is 6.07 Å². The number of sulfonamides is 1. The van der Waals surface area contributed by atoms with Gasteiger partial charge in [0.15, 0.2) is 5.82 Å². The van der Waals surface area contributed by atoms with Crippen LogP contribution in [0, 0.1) is 11.3 Å². The Morgan fingerprint density at radius 3 is 2.96 bits per heavy atom. The summed E-state index contributed by atoms with van der Waals surface area (Å²) in [5.74, 6) is 0.488. The van der Waals surface area contributed by atoms with Crippen molar-refractivity contribution in [3.05, 3.63) is 42.0 Å². The molecule has 0 fully saturated rings. The predicted octanol–water partition coefficient (Wildman–Crippen LogP) is 0.836. The van der Waals surface area contributed by atoms with E-state index in [0.717, 1.165) is 0 Å². The highest BCUT2D eigenvalue weighted by atomic mass is 32.2. The molecule has 1 aromatic heterocycles. The molecule has 1 N–H and O–H groups in total. The van der Waals surface area contributed by atoms with Crippen molar-refractivity contribution >= 4 is 10.0 Å². The highest BCUT2D eigenvalue weighted by molar-refractivity contribution is 7.89. The third-order valence-corrected chi connectivity index (χ3v) is 4.71. The molecule has 0 bridgehead atoms. The van der Waals surface area contributed by atoms with Gasteiger partial charge in [0.25, 0.3) is 0 Å². The lowest BCUT2D eigenvalue weighted by molar-refractivity contribution is 0.185. The number of hydrogen-bond acceptors (Lipinski definition) is 6. The van der Waals surface area contributed by atoms with E-state index in [4.69, 9.17) is 10.00 Å². The summed E-state index contributed by atoms with van der Waals surface area (Å²) < 4.78 is 34.1. The average Bonchev–Trinajstić information content (AvgIpc) is 3.01. The van der Waals surface area contributed by atoms with E-state index in [1.807, 2.05) is 6.07 Å². The Balaban J connectivity index is 2.20. The van der Waals surface area contributed by atoms with Crippen molar-refractivity contribution < 1.29 is 13.2 Å². The van der Waals surface area contributed by atoms with Crippen LogP contribution in [0.25, 0.3) is 0 Å². The molecule has 0 saturated carbocycles. The number of ether oxygens (including phenoxy) is 1. The topological polar surface area (TPSA) is 110 Å². The van der Waals surface area contributed by atoms with Crippen molar-refractivity contribution in [3.63, 3.8) is 0 Å². The molecule has 0 spiro atoms. The van der Waals surface area contributed by atoms with Crippen LogP contribution in [0.3, 0.4) is 0 Å². The normalized spacial score (nSPS) is 12.7. The predicted molar refractivity (Wildman–Crippen MR) is 81.8 cm³/mol. The smallest absolute Gasteiger partial charge is 0.241 e. The molecule has 2 rings (SSSR count). The number of aromatic nitrogens is 3. The van der Waals surface area contributed by atoms with E-state index in [0.29, 0.717) is 19.0 Å². The van der Waals surface area contributed by atoms with Crippen LogP contribution in [-0.2, 0) is 21.3 Å². The Morgan fingerprint density at radius 1 is 1.48 bits per heavy atom. The fourth-order valence-corrected chi connectivity index (χ4v) is 3.29. The maximum absolute atomic E-state index is 12.4. The first-order valence-corrected chi connectivity index (χ1v) is 8.35. The molecule has 0 saturated heterocycles. The number of benzene rings is 1. The van der Waals surface area contributed by atoms with Crippen LogP contribution in [0.2, 0.25) is 0 Å². The van der Waals surface area contributed by atoms with Gasteiger partial charge in [0.05, 0.1) is 29.2 Å². The van der Waals surface area contributed by atoms with Gasteiger partial charge in [-0.2, -0.15) is 5.26 Å². The van der Waals surface area contributed by atoms with Crippen molar-refractivity contribution in [2.24, 2.45) is 0 Å². The Labute approximate surface area is 134 Å². The Morgan fingerprint density at radius 2 is 2.26 bits per heavy atom. The molecular formula is C14H17N5O3S. The Hall–Kier alpha value is -2.28. The molecule has 0 aliphatic rings. The van der Waals surface area contributed by atoms with Gasteiger partial charge in [0.2, 0.25) is 10.0 Å². The maximum Gasteiger partial charge on any atom is 0.241 e. The molecule has 8 nitrogen and oxygen atoms in total. The fraction of sp³-hybridized carbons (Fsp3) is 0.357. The van der Waals surface area contributed by atoms with E-state index >= 15 is 0 Å². The van der Waals surface area contributed by atoms with E-state index in [-0.39, 0.29) is 10.5 Å². The van der Waals surface area contributed by atoms with Gasteiger partial charge in [0.1, 0.15) is 6.33 Å². The van der Waals surface area contributed by atoms with Crippen LogP contribution in [0.5, 0.6) is 0 Å². The molecule has 9 heteroatoms. The number of hydrogen-bond donors (Lipinski definition) is 1. The number of methoxy groups -OCH3 is 1. The van der Waals surface area contributed by atoms with Crippen LogP contribution in [-0.4, -0.2) is 36.9 Å². The molecule has 1 aromatic carbocycles. The molecule has 0 aliphatic carbocycles. The van der Waals surface area contributed by atoms with Gasteiger partial charge in [-0.15, -0.1) is 10.2 Å². The zero-order chi connectivity index (χ0) is 16.9. The van der Waals surface area contributed by atoms with Crippen molar-refractivity contribution in [2.45, 2.75) is 24.4 Å². The van der Waals surface area contributed by atoms with Gasteiger partial charge in [-0.3, -0.25) is 0 Å². The summed E-state index contributed by atoms with van der Waals surface area (Å²) in [6.07, 6.45) is 1.52. The highest BCUT2D eigenvalue weighted by Crippen LogP contribution is 2.16. The highest BCUT2D eigenvalue weighted by Gasteiger charge is 2.22. The minimum Gasteiger partial charge on any atom is -0.383 e. The lowest BCUT2D eigenvalue weighted by Gasteiger charge is -2.15. The maximum atomic E-state index is 12.4. The van der Waals surface area contributed by atoms with Crippen LogP contribution in [0.1, 0.15) is 24.4 Å². The number of nitrogens with zero attached hydrogens (tertiary/aromatic N) is 4. The summed E-state index contributed by atoms with van der Waals surface area (Å²) in [4.78, 5) is 0.0337. The summed E-state index contributed by atoms with van der Waals surface area (Å²) in [6, 6.07) is 7.17. The van der Waals surface area contributed by atoms with E-state index in [1.165, 1.54) is 24.5 Å². The Kier molecular flexibility index (Phi) is 5.44. The number of rotatable bonds is 7. The summed E-state index contributed by atoms with van der Waals surface area (Å²) in [5, 5.41) is 16.6. The summed E-state index contributed by atoms with van der Waals surface area (Å²) in [5.41, 5.74) is 0.281. The molecule has 23 heavy (non-hydrogen) atoms. The van der Waals surface area contributed by atoms with Crippen molar-refractivity contribution in [1.82, 2.24) is 19.5 Å². The second-order valence-corrected chi connectivity index (χ2v) is 6.57. The summed E-state index contributed by atoms with van der Waals surface area (Å²) in [7, 11) is -2.19. The van der Waals surface area contributed by atoms with Crippen LogP contribution in [0.4, 0.5) is 0 Å². The van der Waals surface area contributed by atoms with E-state index < -0.39 is 16.1 Å². The molecule has 1 heterocycles. The number of nitrogens with one attached hydrogen (secondary N) is 1. The summed E-state index contributed by atoms with van der Waals surface area (Å²) >= 11 is 0. The monoisotopic (exact) mass is 335 g/mol. The van der Waals surface area contributed by atoms with Crippen LogP contribution >= 0.6 is 0 Å². The van der Waals surface area contributed by atoms with Crippen molar-refractivity contribution in [1.29, 1.82) is 5.26 Å². The molecule has 0 unspecified atom stereocenters. The zero-order valence-electron chi connectivity index (χ0n) is 12.8. The van der Waals surface area contributed by atoms with Gasteiger partial charge < -0.3 is 9.30 Å². The number of nitriles is 1. The average molecular weight is 335 g/mol. The molecule has 0 radical (unpaired) electrons. The van der Waals surface area contributed by atoms with Gasteiger partial charge >= 0.3 is 0 Å². The Bertz CT molecular complexity index is 810. The standard InChI is InChI=1S/C14H17N5O3S/c1-11(14-17-16-10-19(14)6-7-22-2)18-23(20,21)13-5-3-4-12(8-13)9-15/h3-5,8,10-11,18H,6-7H2,1-2H3/t11-/m0/s1. The third-order valence-electron chi connectivity index (χ3n) is 3.17. The quantitative estimate of drug-likeness (QED) is 0.803. The largest absolute Gasteiger partial charge is 0.383 e.